The van der Waals surface area contributed by atoms with Crippen LogP contribution in [0.15, 0.2) is 24.3 Å². The van der Waals surface area contributed by atoms with E-state index in [-0.39, 0.29) is 11.9 Å². The van der Waals surface area contributed by atoms with Crippen molar-refractivity contribution in [3.63, 3.8) is 0 Å². The van der Waals surface area contributed by atoms with E-state index in [1.54, 1.807) is 12.1 Å². The van der Waals surface area contributed by atoms with Gasteiger partial charge in [0, 0.05) is 51.4 Å². The zero-order valence-corrected chi connectivity index (χ0v) is 16.5. The third-order valence-electron chi connectivity index (χ3n) is 5.67. The van der Waals surface area contributed by atoms with Crippen molar-refractivity contribution in [1.82, 2.24) is 9.80 Å². The number of carbonyl (C=O) groups is 2. The monoisotopic (exact) mass is 373 g/mol. The summed E-state index contributed by atoms with van der Waals surface area (Å²) in [6.45, 7) is 8.61. The van der Waals surface area contributed by atoms with Crippen molar-refractivity contribution < 1.29 is 14.3 Å². The van der Waals surface area contributed by atoms with Gasteiger partial charge in [-0.1, -0.05) is 6.92 Å². The second-order valence-electron chi connectivity index (χ2n) is 7.70. The molecule has 1 atom stereocenters. The van der Waals surface area contributed by atoms with Gasteiger partial charge >= 0.3 is 5.97 Å². The van der Waals surface area contributed by atoms with Crippen molar-refractivity contribution in [3.05, 3.63) is 29.8 Å². The van der Waals surface area contributed by atoms with Crippen LogP contribution in [0, 0.1) is 5.92 Å². The maximum atomic E-state index is 12.5. The quantitative estimate of drug-likeness (QED) is 0.741. The molecule has 0 radical (unpaired) electrons. The van der Waals surface area contributed by atoms with E-state index in [2.05, 4.69) is 16.7 Å². The molecule has 27 heavy (non-hydrogen) atoms. The highest BCUT2D eigenvalue weighted by molar-refractivity contribution is 5.89. The highest BCUT2D eigenvalue weighted by Gasteiger charge is 2.23. The van der Waals surface area contributed by atoms with Gasteiger partial charge in [-0.3, -0.25) is 4.79 Å². The first-order chi connectivity index (χ1) is 13.1. The summed E-state index contributed by atoms with van der Waals surface area (Å²) in [5.74, 6) is 0.706. The Kier molecular flexibility index (Phi) is 6.72. The number of nitrogens with zero attached hydrogens (tertiary/aromatic N) is 3. The van der Waals surface area contributed by atoms with Crippen molar-refractivity contribution >= 4 is 17.6 Å². The molecule has 1 unspecified atom stereocenters. The first-order valence-corrected chi connectivity index (χ1v) is 10.0. The van der Waals surface area contributed by atoms with Crippen LogP contribution >= 0.6 is 0 Å². The Morgan fingerprint density at radius 2 is 1.78 bits per heavy atom. The van der Waals surface area contributed by atoms with Crippen LogP contribution in [0.25, 0.3) is 0 Å². The van der Waals surface area contributed by atoms with Gasteiger partial charge in [0.15, 0.2) is 0 Å². The smallest absolute Gasteiger partial charge is 0.337 e. The van der Waals surface area contributed by atoms with Crippen LogP contribution in [0.2, 0.25) is 0 Å². The molecule has 2 aliphatic rings. The van der Waals surface area contributed by atoms with Crippen molar-refractivity contribution in [2.24, 2.45) is 5.92 Å². The van der Waals surface area contributed by atoms with E-state index >= 15 is 0 Å². The number of piperidine rings is 1. The van der Waals surface area contributed by atoms with Gasteiger partial charge in [0.05, 0.1) is 12.7 Å². The minimum Gasteiger partial charge on any atom is -0.465 e. The van der Waals surface area contributed by atoms with Crippen LogP contribution in [-0.4, -0.2) is 74.6 Å². The van der Waals surface area contributed by atoms with Crippen molar-refractivity contribution in [2.75, 3.05) is 57.8 Å². The number of methoxy groups -OCH3 is 1. The van der Waals surface area contributed by atoms with Gasteiger partial charge in [-0.25, -0.2) is 4.79 Å². The lowest BCUT2D eigenvalue weighted by Crippen LogP contribution is -2.49. The summed E-state index contributed by atoms with van der Waals surface area (Å²) in [6.07, 6.45) is 3.19. The number of ether oxygens (including phenoxy) is 1. The molecular formula is C21H31N3O3. The van der Waals surface area contributed by atoms with Gasteiger partial charge in [-0.15, -0.1) is 0 Å². The number of hydrogen-bond donors (Lipinski definition) is 0. The molecule has 2 heterocycles. The second-order valence-corrected chi connectivity index (χ2v) is 7.70. The molecule has 6 nitrogen and oxygen atoms in total. The van der Waals surface area contributed by atoms with Crippen LogP contribution in [0.4, 0.5) is 5.69 Å². The molecular weight excluding hydrogens is 342 g/mol. The summed E-state index contributed by atoms with van der Waals surface area (Å²) in [5.41, 5.74) is 1.64. The fourth-order valence-corrected chi connectivity index (χ4v) is 4.04. The van der Waals surface area contributed by atoms with E-state index in [9.17, 15) is 9.59 Å². The fourth-order valence-electron chi connectivity index (χ4n) is 4.04. The molecule has 2 saturated heterocycles. The number of likely N-dealkylation sites (tertiary alicyclic amines) is 1. The Morgan fingerprint density at radius 1 is 1.07 bits per heavy atom. The van der Waals surface area contributed by atoms with Gasteiger partial charge in [0.2, 0.25) is 5.91 Å². The second kappa shape index (κ2) is 9.22. The van der Waals surface area contributed by atoms with Gasteiger partial charge < -0.3 is 19.4 Å². The van der Waals surface area contributed by atoms with Crippen molar-refractivity contribution in [1.29, 1.82) is 0 Å². The van der Waals surface area contributed by atoms with Crippen molar-refractivity contribution in [2.45, 2.75) is 26.2 Å². The number of carbonyl (C=O) groups excluding carboxylic acids is 2. The highest BCUT2D eigenvalue weighted by atomic mass is 16.5. The molecule has 3 rings (SSSR count). The molecule has 2 fully saturated rings. The molecule has 2 aliphatic heterocycles. The zero-order valence-electron chi connectivity index (χ0n) is 16.5. The number of amides is 1. The summed E-state index contributed by atoms with van der Waals surface area (Å²) in [4.78, 5) is 30.8. The average Bonchev–Trinajstić information content (AvgIpc) is 2.72. The van der Waals surface area contributed by atoms with Crippen LogP contribution in [0.1, 0.15) is 36.5 Å². The lowest BCUT2D eigenvalue weighted by molar-refractivity contribution is -0.131. The summed E-state index contributed by atoms with van der Waals surface area (Å²) in [5, 5.41) is 0. The van der Waals surface area contributed by atoms with Crippen LogP contribution in [0.3, 0.4) is 0 Å². The van der Waals surface area contributed by atoms with Crippen LogP contribution in [0.5, 0.6) is 0 Å². The summed E-state index contributed by atoms with van der Waals surface area (Å²) in [6, 6.07) is 7.47. The number of benzene rings is 1. The predicted octanol–water partition coefficient (Wildman–Crippen LogP) is 2.24. The standard InChI is InChI=1S/C21H31N3O3/c1-17-4-3-10-22(16-17)11-9-20(25)24-14-12-23(13-15-24)19-7-5-18(6-8-19)21(26)27-2/h5-8,17H,3-4,9-16H2,1-2H3. The first-order valence-electron chi connectivity index (χ1n) is 10.0. The SMILES string of the molecule is COC(=O)c1ccc(N2CCN(C(=O)CCN3CCCC(C)C3)CC2)cc1. The maximum absolute atomic E-state index is 12.5. The molecule has 1 aromatic rings. The Morgan fingerprint density at radius 3 is 2.41 bits per heavy atom. The molecule has 0 N–H and O–H groups in total. The van der Waals surface area contributed by atoms with Gasteiger partial charge in [-0.05, 0) is 49.6 Å². The normalized spacial score (nSPS) is 21.2. The zero-order chi connectivity index (χ0) is 19.2. The highest BCUT2D eigenvalue weighted by Crippen LogP contribution is 2.19. The first kappa shape index (κ1) is 19.7. The number of anilines is 1. The predicted molar refractivity (Wildman–Crippen MR) is 106 cm³/mol. The van der Waals surface area contributed by atoms with Crippen LogP contribution in [-0.2, 0) is 9.53 Å². The largest absolute Gasteiger partial charge is 0.465 e. The van der Waals surface area contributed by atoms with E-state index in [0.29, 0.717) is 12.0 Å². The number of esters is 1. The minimum atomic E-state index is -0.319. The van der Waals surface area contributed by atoms with Gasteiger partial charge in [0.1, 0.15) is 0 Å². The number of piperazine rings is 1. The fraction of sp³-hybridized carbons (Fsp3) is 0.619. The molecule has 1 aromatic carbocycles. The summed E-state index contributed by atoms with van der Waals surface area (Å²) in [7, 11) is 1.39. The number of rotatable bonds is 5. The summed E-state index contributed by atoms with van der Waals surface area (Å²) < 4.78 is 4.73. The lowest BCUT2D eigenvalue weighted by atomic mass is 10.0. The summed E-state index contributed by atoms with van der Waals surface area (Å²) >= 11 is 0. The van der Waals surface area contributed by atoms with E-state index in [1.807, 2.05) is 17.0 Å². The van der Waals surface area contributed by atoms with E-state index in [1.165, 1.54) is 20.0 Å². The van der Waals surface area contributed by atoms with E-state index < -0.39 is 0 Å². The molecule has 0 aromatic heterocycles. The molecule has 6 heteroatoms. The minimum absolute atomic E-state index is 0.272. The molecule has 0 saturated carbocycles. The molecule has 0 aliphatic carbocycles. The Bertz CT molecular complexity index is 639. The third-order valence-corrected chi connectivity index (χ3v) is 5.67. The molecule has 0 spiro atoms. The average molecular weight is 373 g/mol. The Hall–Kier alpha value is -2.08. The third kappa shape index (κ3) is 5.22. The molecule has 1 amide bonds. The van der Waals surface area contributed by atoms with Crippen LogP contribution < -0.4 is 4.90 Å². The van der Waals surface area contributed by atoms with Gasteiger partial charge in [-0.2, -0.15) is 0 Å². The lowest BCUT2D eigenvalue weighted by Gasteiger charge is -2.37. The number of hydrogen-bond acceptors (Lipinski definition) is 5. The maximum Gasteiger partial charge on any atom is 0.337 e. The molecule has 0 bridgehead atoms. The molecule has 148 valence electrons. The van der Waals surface area contributed by atoms with Gasteiger partial charge in [0.25, 0.3) is 0 Å². The topological polar surface area (TPSA) is 53.1 Å². The Labute approximate surface area is 162 Å². The van der Waals surface area contributed by atoms with Crippen molar-refractivity contribution in [3.8, 4) is 0 Å². The van der Waals surface area contributed by atoms with E-state index in [0.717, 1.165) is 57.4 Å². The van der Waals surface area contributed by atoms with E-state index in [4.69, 9.17) is 4.74 Å². The Balaban J connectivity index is 1.44.